The molecule has 0 spiro atoms. The summed E-state index contributed by atoms with van der Waals surface area (Å²) in [6, 6.07) is 16.3. The van der Waals surface area contributed by atoms with Crippen LogP contribution in [0.25, 0.3) is 0 Å². The van der Waals surface area contributed by atoms with Crippen molar-refractivity contribution in [2.24, 2.45) is 0 Å². The number of ether oxygens (including phenoxy) is 1. The normalized spacial score (nSPS) is 10.3. The van der Waals surface area contributed by atoms with Gasteiger partial charge >= 0.3 is 5.97 Å². The summed E-state index contributed by atoms with van der Waals surface area (Å²) < 4.78 is 5.14. The fraction of sp³-hybridized carbons (Fsp3) is 0.421. The number of aryl methyl sites for hydroxylation is 1. The minimum atomic E-state index is -0.111. The van der Waals surface area contributed by atoms with Gasteiger partial charge in [-0.05, 0) is 6.92 Å². The molecule has 2 nitrogen and oxygen atoms in total. The van der Waals surface area contributed by atoms with Crippen molar-refractivity contribution in [1.29, 1.82) is 0 Å². The van der Waals surface area contributed by atoms with Gasteiger partial charge < -0.3 is 35.1 Å². The Hall–Kier alpha value is -0.961. The second-order valence-electron chi connectivity index (χ2n) is 5.90. The van der Waals surface area contributed by atoms with Crippen LogP contribution in [0.5, 0.6) is 0 Å². The summed E-state index contributed by atoms with van der Waals surface area (Å²) in [6.07, 6.45) is 1.24. The molecule has 4 heteroatoms. The molecule has 0 aliphatic carbocycles. The minimum absolute atomic E-state index is 0. The van der Waals surface area contributed by atoms with E-state index in [0.717, 1.165) is 6.42 Å². The summed E-state index contributed by atoms with van der Waals surface area (Å²) >= 11 is 1.85. The van der Waals surface area contributed by atoms with Crippen molar-refractivity contribution in [2.75, 3.05) is 6.61 Å². The van der Waals surface area contributed by atoms with Crippen LogP contribution in [0.4, 0.5) is 0 Å². The smallest absolute Gasteiger partial charge is 0.305 e. The molecule has 0 heterocycles. The van der Waals surface area contributed by atoms with Crippen LogP contribution in [0.15, 0.2) is 53.4 Å². The Balaban J connectivity index is 0.000000684. The summed E-state index contributed by atoms with van der Waals surface area (Å²) in [5.41, 5.74) is 1.25. The van der Waals surface area contributed by atoms with Crippen molar-refractivity contribution < 1.29 is 26.6 Å². The van der Waals surface area contributed by atoms with Gasteiger partial charge in [0.05, 0.1) is 6.61 Å². The molecule has 2 rings (SSSR count). The molecule has 0 bridgehead atoms. The number of carbonyl (C=O) groups excluding carboxylic acids is 1. The molecule has 0 aliphatic rings. The summed E-state index contributed by atoms with van der Waals surface area (Å²) in [7, 11) is 0. The first kappa shape index (κ1) is 22.0. The monoisotopic (exact) mass is 374 g/mol. The molecule has 0 radical (unpaired) electrons. The fourth-order valence-electron chi connectivity index (χ4n) is 1.87. The van der Waals surface area contributed by atoms with E-state index in [0.29, 0.717) is 13.0 Å². The van der Waals surface area contributed by atoms with Gasteiger partial charge in [-0.1, -0.05) is 27.2 Å². The zero-order valence-electron chi connectivity index (χ0n) is 14.3. The van der Waals surface area contributed by atoms with Crippen LogP contribution in [0.3, 0.4) is 0 Å². The van der Waals surface area contributed by atoms with E-state index >= 15 is 0 Å². The maximum Gasteiger partial charge on any atom is 0.305 e. The first-order valence-electron chi connectivity index (χ1n) is 7.68. The van der Waals surface area contributed by atoms with Crippen LogP contribution in [0, 0.1) is 0 Å². The third kappa shape index (κ3) is 10.4. The molecule has 0 N–H and O–H groups in total. The summed E-state index contributed by atoms with van der Waals surface area (Å²) in [4.78, 5) is 12.6. The van der Waals surface area contributed by atoms with E-state index in [1.807, 2.05) is 49.0 Å². The first-order chi connectivity index (χ1) is 10.4. The molecule has 0 saturated heterocycles. The Kier molecular flexibility index (Phi) is 11.1. The van der Waals surface area contributed by atoms with Crippen molar-refractivity contribution in [1.82, 2.24) is 0 Å². The molecule has 0 unspecified atom stereocenters. The van der Waals surface area contributed by atoms with Gasteiger partial charge in [0.25, 0.3) is 0 Å². The maximum absolute atomic E-state index is 11.3. The van der Waals surface area contributed by atoms with E-state index < -0.39 is 0 Å². The van der Waals surface area contributed by atoms with Gasteiger partial charge in [-0.3, -0.25) is 4.79 Å². The predicted molar refractivity (Wildman–Crippen MR) is 94.6 cm³/mol. The number of rotatable bonds is 5. The van der Waals surface area contributed by atoms with E-state index in [2.05, 4.69) is 39.0 Å². The Labute approximate surface area is 155 Å². The summed E-state index contributed by atoms with van der Waals surface area (Å²) in [5, 5.41) is 0. The first-order valence-corrected chi connectivity index (χ1v) is 8.50. The van der Waals surface area contributed by atoms with Gasteiger partial charge in [0, 0.05) is 28.2 Å². The number of esters is 1. The number of hydrogen-bond donors (Lipinski definition) is 0. The van der Waals surface area contributed by atoms with Crippen LogP contribution in [-0.4, -0.2) is 17.3 Å². The zero-order chi connectivity index (χ0) is 16.4. The number of thioether (sulfide) groups is 1. The van der Waals surface area contributed by atoms with E-state index in [1.165, 1.54) is 10.5 Å². The molecule has 134 valence electrons. The Morgan fingerprint density at radius 3 is 2.26 bits per heavy atom. The van der Waals surface area contributed by atoms with Gasteiger partial charge in [-0.25, -0.2) is 12.1 Å². The molecular weight excluding hydrogens is 348 g/mol. The largest absolute Gasteiger partial charge is 0.748 e. The van der Waals surface area contributed by atoms with Crippen molar-refractivity contribution >= 4 is 17.7 Å². The van der Waals surface area contributed by atoms with Gasteiger partial charge in [0.15, 0.2) is 0 Å². The van der Waals surface area contributed by atoms with Crippen molar-refractivity contribution in [3.8, 4) is 0 Å². The zero-order valence-corrected chi connectivity index (χ0v) is 16.2. The number of carbonyl (C=O) groups is 1. The Morgan fingerprint density at radius 1 is 1.22 bits per heavy atom. The van der Waals surface area contributed by atoms with Gasteiger partial charge in [0.2, 0.25) is 0 Å². The van der Waals surface area contributed by atoms with Crippen molar-refractivity contribution in [2.45, 2.75) is 50.2 Å². The van der Waals surface area contributed by atoms with Gasteiger partial charge in [-0.15, -0.1) is 22.2 Å². The Morgan fingerprint density at radius 2 is 1.78 bits per heavy atom. The van der Waals surface area contributed by atoms with E-state index in [1.54, 1.807) is 0 Å². The maximum atomic E-state index is 11.3. The standard InChI is InChI=1S/C14H21O2S.C5H5.Fe/c1-5-16-13(15)10-9-11-7-6-8-12(11)17-14(2,3)4;1-2-4-5-3-1;/h6-8H,5,9-10H2,1-4H3;1-5H;/q-1;-5;. The van der Waals surface area contributed by atoms with Gasteiger partial charge in [0.1, 0.15) is 0 Å². The molecule has 23 heavy (non-hydrogen) atoms. The van der Waals surface area contributed by atoms with Crippen molar-refractivity contribution in [3.63, 3.8) is 0 Å². The average Bonchev–Trinajstić information content (AvgIpc) is 3.09. The molecular formula is C19H26FeO2S-6. The molecule has 0 amide bonds. The van der Waals surface area contributed by atoms with E-state index in [4.69, 9.17) is 4.74 Å². The van der Waals surface area contributed by atoms with Gasteiger partial charge in [-0.2, -0.15) is 6.07 Å². The molecule has 0 aromatic heterocycles. The molecule has 0 atom stereocenters. The Bertz CT molecular complexity index is 507. The number of hydrogen-bond acceptors (Lipinski definition) is 3. The quantitative estimate of drug-likeness (QED) is 0.312. The van der Waals surface area contributed by atoms with Crippen LogP contribution < -0.4 is 0 Å². The van der Waals surface area contributed by atoms with E-state index in [-0.39, 0.29) is 27.8 Å². The van der Waals surface area contributed by atoms with Crippen LogP contribution in [0.2, 0.25) is 0 Å². The average molecular weight is 374 g/mol. The molecule has 0 fully saturated rings. The summed E-state index contributed by atoms with van der Waals surface area (Å²) in [6.45, 7) is 8.88. The fourth-order valence-corrected chi connectivity index (χ4v) is 2.97. The third-order valence-electron chi connectivity index (χ3n) is 2.74. The predicted octanol–water partition coefficient (Wildman–Crippen LogP) is 5.19. The second kappa shape index (κ2) is 11.6. The van der Waals surface area contributed by atoms with E-state index in [9.17, 15) is 4.79 Å². The molecule has 0 saturated carbocycles. The SMILES string of the molecule is CCOC(=O)CC[c-]1cccc1SC(C)(C)C.[Fe].[cH-]1[cH-][cH-][cH-][cH-]1. The van der Waals surface area contributed by atoms with Crippen LogP contribution in [0.1, 0.15) is 39.7 Å². The molecule has 2 aromatic rings. The topological polar surface area (TPSA) is 26.3 Å². The van der Waals surface area contributed by atoms with Crippen molar-refractivity contribution in [3.05, 3.63) is 54.1 Å². The second-order valence-corrected chi connectivity index (χ2v) is 7.77. The minimum Gasteiger partial charge on any atom is -0.748 e. The molecule has 2 aromatic carbocycles. The van der Waals surface area contributed by atoms with Crippen LogP contribution >= 0.6 is 11.8 Å². The third-order valence-corrected chi connectivity index (χ3v) is 3.97. The molecule has 0 aliphatic heterocycles. The summed E-state index contributed by atoms with van der Waals surface area (Å²) in [5.74, 6) is -0.111. The van der Waals surface area contributed by atoms with Crippen LogP contribution in [-0.2, 0) is 33.0 Å².